The Hall–Kier alpha value is -1.20. The smallest absolute Gasteiger partial charge is 0.177 e. The number of carbonyl (C=O) groups excluding carboxylic acids is 1. The van der Waals surface area contributed by atoms with E-state index in [0.29, 0.717) is 12.2 Å². The Bertz CT molecular complexity index is 569. The highest BCUT2D eigenvalue weighted by Gasteiger charge is 2.25. The molecule has 1 aromatic carbocycles. The molecule has 1 aliphatic rings. The van der Waals surface area contributed by atoms with E-state index in [1.54, 1.807) is 12.1 Å². The standard InChI is InChI=1S/C16H22O4S/c1-2-4-13-6-8-14(9-7-13)16(17)12-21(18,19)11-15-5-3-10-20-15/h6-9,15H,2-5,10-12H2,1H3. The van der Waals surface area contributed by atoms with Crippen LogP contribution in [0.5, 0.6) is 0 Å². The van der Waals surface area contributed by atoms with E-state index < -0.39 is 15.6 Å². The van der Waals surface area contributed by atoms with Gasteiger partial charge in [0.1, 0.15) is 5.75 Å². The number of rotatable bonds is 7. The Labute approximate surface area is 126 Å². The maximum Gasteiger partial charge on any atom is 0.177 e. The Kier molecular flexibility index (Phi) is 5.53. The lowest BCUT2D eigenvalue weighted by molar-refractivity contribution is 0.102. The van der Waals surface area contributed by atoms with Gasteiger partial charge in [-0.2, -0.15) is 0 Å². The third kappa shape index (κ3) is 4.93. The minimum atomic E-state index is -3.41. The van der Waals surface area contributed by atoms with Gasteiger partial charge in [0.2, 0.25) is 0 Å². The fraction of sp³-hybridized carbons (Fsp3) is 0.562. The Morgan fingerprint density at radius 3 is 2.57 bits per heavy atom. The molecule has 0 radical (unpaired) electrons. The molecule has 1 atom stereocenters. The summed E-state index contributed by atoms with van der Waals surface area (Å²) >= 11 is 0. The first-order chi connectivity index (χ1) is 10.00. The molecule has 0 bridgehead atoms. The van der Waals surface area contributed by atoms with Crippen molar-refractivity contribution < 1.29 is 17.9 Å². The molecule has 21 heavy (non-hydrogen) atoms. The van der Waals surface area contributed by atoms with Gasteiger partial charge in [-0.05, 0) is 24.8 Å². The van der Waals surface area contributed by atoms with Crippen molar-refractivity contribution in [2.75, 3.05) is 18.1 Å². The molecule has 0 saturated carbocycles. The van der Waals surface area contributed by atoms with Crippen molar-refractivity contribution in [3.8, 4) is 0 Å². The molecular weight excluding hydrogens is 288 g/mol. The minimum Gasteiger partial charge on any atom is -0.377 e. The van der Waals surface area contributed by atoms with Crippen molar-refractivity contribution in [3.63, 3.8) is 0 Å². The van der Waals surface area contributed by atoms with Crippen molar-refractivity contribution in [2.24, 2.45) is 0 Å². The summed E-state index contributed by atoms with van der Waals surface area (Å²) in [6.07, 6.45) is 3.43. The van der Waals surface area contributed by atoms with Crippen molar-refractivity contribution in [2.45, 2.75) is 38.7 Å². The molecule has 1 heterocycles. The van der Waals surface area contributed by atoms with E-state index in [-0.39, 0.29) is 17.6 Å². The maximum atomic E-state index is 12.1. The summed E-state index contributed by atoms with van der Waals surface area (Å²) in [6.45, 7) is 2.71. The van der Waals surface area contributed by atoms with E-state index in [1.165, 1.54) is 0 Å². The number of ketones is 1. The van der Waals surface area contributed by atoms with Crippen LogP contribution in [-0.2, 0) is 21.0 Å². The molecule has 1 unspecified atom stereocenters. The zero-order chi connectivity index (χ0) is 15.3. The number of sulfone groups is 1. The van der Waals surface area contributed by atoms with Crippen LogP contribution in [0.15, 0.2) is 24.3 Å². The monoisotopic (exact) mass is 310 g/mol. The second-order valence-electron chi connectivity index (χ2n) is 5.56. The molecular formula is C16H22O4S. The predicted molar refractivity (Wildman–Crippen MR) is 82.4 cm³/mol. The molecule has 0 spiro atoms. The molecule has 1 fully saturated rings. The lowest BCUT2D eigenvalue weighted by atomic mass is 10.1. The highest BCUT2D eigenvalue weighted by molar-refractivity contribution is 7.92. The van der Waals surface area contributed by atoms with E-state index in [1.807, 2.05) is 12.1 Å². The first-order valence-corrected chi connectivity index (χ1v) is 9.26. The summed E-state index contributed by atoms with van der Waals surface area (Å²) in [5.41, 5.74) is 1.63. The highest BCUT2D eigenvalue weighted by atomic mass is 32.2. The van der Waals surface area contributed by atoms with Crippen LogP contribution in [0.4, 0.5) is 0 Å². The molecule has 5 heteroatoms. The quantitative estimate of drug-likeness (QED) is 0.726. The minimum absolute atomic E-state index is 0.0490. The fourth-order valence-corrected chi connectivity index (χ4v) is 4.06. The maximum absolute atomic E-state index is 12.1. The molecule has 1 aromatic rings. The van der Waals surface area contributed by atoms with Gasteiger partial charge >= 0.3 is 0 Å². The van der Waals surface area contributed by atoms with Gasteiger partial charge in [-0.3, -0.25) is 4.79 Å². The lowest BCUT2D eigenvalue weighted by Crippen LogP contribution is -2.26. The molecule has 0 aliphatic carbocycles. The number of hydrogen-bond donors (Lipinski definition) is 0. The predicted octanol–water partition coefficient (Wildman–Crippen LogP) is 2.42. The fourth-order valence-electron chi connectivity index (χ4n) is 2.55. The van der Waals surface area contributed by atoms with E-state index in [4.69, 9.17) is 4.74 Å². The largest absolute Gasteiger partial charge is 0.377 e. The van der Waals surface area contributed by atoms with Crippen molar-refractivity contribution >= 4 is 15.6 Å². The first kappa shape index (κ1) is 16.2. The average molecular weight is 310 g/mol. The molecule has 116 valence electrons. The van der Waals surface area contributed by atoms with Crippen LogP contribution < -0.4 is 0 Å². The van der Waals surface area contributed by atoms with Gasteiger partial charge < -0.3 is 4.74 Å². The third-order valence-corrected chi connectivity index (χ3v) is 5.21. The number of Topliss-reactive ketones (excluding diaryl/α,β-unsaturated/α-hetero) is 1. The van der Waals surface area contributed by atoms with Crippen molar-refractivity contribution in [1.82, 2.24) is 0 Å². The number of benzene rings is 1. The van der Waals surface area contributed by atoms with Crippen molar-refractivity contribution in [1.29, 1.82) is 0 Å². The number of carbonyl (C=O) groups is 1. The summed E-state index contributed by atoms with van der Waals surface area (Å²) in [6, 6.07) is 7.22. The Balaban J connectivity index is 1.96. The van der Waals surface area contributed by atoms with Gasteiger partial charge in [0, 0.05) is 12.2 Å². The summed E-state index contributed by atoms with van der Waals surface area (Å²) < 4.78 is 29.4. The number of ether oxygens (including phenoxy) is 1. The zero-order valence-corrected chi connectivity index (χ0v) is 13.2. The molecule has 1 saturated heterocycles. The summed E-state index contributed by atoms with van der Waals surface area (Å²) in [5.74, 6) is -0.817. The van der Waals surface area contributed by atoms with Gasteiger partial charge in [-0.15, -0.1) is 0 Å². The first-order valence-electron chi connectivity index (χ1n) is 7.44. The molecule has 0 amide bonds. The topological polar surface area (TPSA) is 60.4 Å². The second kappa shape index (κ2) is 7.18. The normalized spacial score (nSPS) is 18.8. The lowest BCUT2D eigenvalue weighted by Gasteiger charge is -2.09. The van der Waals surface area contributed by atoms with Crippen molar-refractivity contribution in [3.05, 3.63) is 35.4 Å². The van der Waals surface area contributed by atoms with E-state index in [0.717, 1.165) is 31.2 Å². The van der Waals surface area contributed by atoms with Gasteiger partial charge in [-0.1, -0.05) is 37.6 Å². The van der Waals surface area contributed by atoms with Crippen LogP contribution in [0.25, 0.3) is 0 Å². The van der Waals surface area contributed by atoms with E-state index in [9.17, 15) is 13.2 Å². The van der Waals surface area contributed by atoms with E-state index in [2.05, 4.69) is 6.92 Å². The van der Waals surface area contributed by atoms with Gasteiger partial charge in [0.05, 0.1) is 11.9 Å². The SMILES string of the molecule is CCCc1ccc(C(=O)CS(=O)(=O)CC2CCCO2)cc1. The number of aryl methyl sites for hydroxylation is 1. The van der Waals surface area contributed by atoms with E-state index >= 15 is 0 Å². The van der Waals surface area contributed by atoms with Crippen LogP contribution in [-0.4, -0.2) is 38.4 Å². The summed E-state index contributed by atoms with van der Waals surface area (Å²) in [5, 5.41) is 0. The Morgan fingerprint density at radius 2 is 2.00 bits per heavy atom. The molecule has 4 nitrogen and oxygen atoms in total. The van der Waals surface area contributed by atoms with Crippen LogP contribution in [0.2, 0.25) is 0 Å². The molecule has 0 N–H and O–H groups in total. The zero-order valence-electron chi connectivity index (χ0n) is 12.4. The molecule has 0 aromatic heterocycles. The van der Waals surface area contributed by atoms with Gasteiger partial charge in [0.25, 0.3) is 0 Å². The molecule has 1 aliphatic heterocycles. The van der Waals surface area contributed by atoms with Crippen LogP contribution >= 0.6 is 0 Å². The highest BCUT2D eigenvalue weighted by Crippen LogP contribution is 2.15. The molecule has 2 rings (SSSR count). The van der Waals surface area contributed by atoms with Gasteiger partial charge in [-0.25, -0.2) is 8.42 Å². The second-order valence-corrected chi connectivity index (χ2v) is 7.67. The average Bonchev–Trinajstić information content (AvgIpc) is 2.91. The third-order valence-electron chi connectivity index (χ3n) is 3.63. The Morgan fingerprint density at radius 1 is 1.29 bits per heavy atom. The summed E-state index contributed by atoms with van der Waals surface area (Å²) in [4.78, 5) is 12.1. The summed E-state index contributed by atoms with van der Waals surface area (Å²) in [7, 11) is -3.41. The van der Waals surface area contributed by atoms with Crippen LogP contribution in [0, 0.1) is 0 Å². The number of hydrogen-bond acceptors (Lipinski definition) is 4. The van der Waals surface area contributed by atoms with Gasteiger partial charge in [0.15, 0.2) is 15.6 Å². The van der Waals surface area contributed by atoms with Crippen LogP contribution in [0.1, 0.15) is 42.1 Å². The van der Waals surface area contributed by atoms with Crippen LogP contribution in [0.3, 0.4) is 0 Å².